The smallest absolute Gasteiger partial charge is 0.0432 e. The average Bonchev–Trinajstić information content (AvgIpc) is 2.68. The molecule has 0 amide bonds. The molecule has 0 saturated heterocycles. The predicted molar refractivity (Wildman–Crippen MR) is 72.2 cm³/mol. The number of anilines is 1. The summed E-state index contributed by atoms with van der Waals surface area (Å²) >= 11 is 0. The largest absolute Gasteiger partial charge is 0.364 e. The fraction of sp³-hybridized carbons (Fsp3) is 0.250. The molecular formula is C16H17N. The third kappa shape index (κ3) is 1.93. The van der Waals surface area contributed by atoms with E-state index in [4.69, 9.17) is 0 Å². The van der Waals surface area contributed by atoms with Gasteiger partial charge in [0, 0.05) is 18.3 Å². The molecule has 0 saturated carbocycles. The number of fused-ring (bicyclic) bond motifs is 1. The van der Waals surface area contributed by atoms with E-state index in [-0.39, 0.29) is 0 Å². The van der Waals surface area contributed by atoms with Gasteiger partial charge in [-0.1, -0.05) is 48.5 Å². The third-order valence-corrected chi connectivity index (χ3v) is 3.54. The Bertz CT molecular complexity index is 504. The molecule has 1 atom stereocenters. The van der Waals surface area contributed by atoms with Gasteiger partial charge in [0.15, 0.2) is 0 Å². The molecule has 0 unspecified atom stereocenters. The van der Waals surface area contributed by atoms with Crippen molar-refractivity contribution in [3.8, 4) is 0 Å². The lowest BCUT2D eigenvalue weighted by atomic mass is 10.1. The van der Waals surface area contributed by atoms with Gasteiger partial charge in [-0.05, 0) is 30.5 Å². The number of benzene rings is 2. The summed E-state index contributed by atoms with van der Waals surface area (Å²) < 4.78 is 0. The van der Waals surface area contributed by atoms with Crippen LogP contribution in [-0.2, 0) is 13.0 Å². The molecule has 2 aromatic carbocycles. The van der Waals surface area contributed by atoms with Crippen LogP contribution in [-0.4, -0.2) is 6.04 Å². The van der Waals surface area contributed by atoms with Gasteiger partial charge in [-0.2, -0.15) is 0 Å². The summed E-state index contributed by atoms with van der Waals surface area (Å²) in [5.41, 5.74) is 4.27. The zero-order chi connectivity index (χ0) is 11.7. The first-order valence-electron chi connectivity index (χ1n) is 6.23. The van der Waals surface area contributed by atoms with Crippen LogP contribution in [0.2, 0.25) is 0 Å². The minimum Gasteiger partial charge on any atom is -0.364 e. The molecule has 0 aliphatic carbocycles. The van der Waals surface area contributed by atoms with Crippen LogP contribution in [0, 0.1) is 0 Å². The number of hydrogen-bond donors (Lipinski definition) is 0. The number of nitrogens with zero attached hydrogens (tertiary/aromatic N) is 1. The number of hydrogen-bond acceptors (Lipinski definition) is 1. The van der Waals surface area contributed by atoms with E-state index in [1.54, 1.807) is 0 Å². The van der Waals surface area contributed by atoms with E-state index >= 15 is 0 Å². The molecule has 0 aromatic heterocycles. The highest BCUT2D eigenvalue weighted by Crippen LogP contribution is 2.32. The lowest BCUT2D eigenvalue weighted by Gasteiger charge is -2.25. The summed E-state index contributed by atoms with van der Waals surface area (Å²) in [6, 6.07) is 20.1. The Labute approximate surface area is 103 Å². The summed E-state index contributed by atoms with van der Waals surface area (Å²) in [4.78, 5) is 2.50. The normalized spacial score (nSPS) is 18.2. The molecule has 1 aliphatic heterocycles. The van der Waals surface area contributed by atoms with Gasteiger partial charge in [0.2, 0.25) is 0 Å². The van der Waals surface area contributed by atoms with E-state index < -0.39 is 0 Å². The second-order valence-electron chi connectivity index (χ2n) is 4.80. The molecule has 1 nitrogen and oxygen atoms in total. The molecule has 1 aliphatic rings. The zero-order valence-electron chi connectivity index (χ0n) is 10.1. The molecule has 0 bridgehead atoms. The number of para-hydroxylation sites is 1. The van der Waals surface area contributed by atoms with Gasteiger partial charge in [-0.15, -0.1) is 0 Å². The van der Waals surface area contributed by atoms with Gasteiger partial charge in [0.25, 0.3) is 0 Å². The van der Waals surface area contributed by atoms with Gasteiger partial charge in [0.05, 0.1) is 0 Å². The first-order chi connectivity index (χ1) is 8.34. The van der Waals surface area contributed by atoms with Crippen LogP contribution >= 0.6 is 0 Å². The van der Waals surface area contributed by atoms with E-state index in [2.05, 4.69) is 66.4 Å². The predicted octanol–water partition coefficient (Wildman–Crippen LogP) is 3.64. The van der Waals surface area contributed by atoms with Gasteiger partial charge < -0.3 is 4.90 Å². The van der Waals surface area contributed by atoms with E-state index in [0.29, 0.717) is 6.04 Å². The van der Waals surface area contributed by atoms with E-state index in [0.717, 1.165) is 6.54 Å². The zero-order valence-corrected chi connectivity index (χ0v) is 10.1. The van der Waals surface area contributed by atoms with Crippen LogP contribution in [0.25, 0.3) is 0 Å². The summed E-state index contributed by atoms with van der Waals surface area (Å²) in [5.74, 6) is 0. The highest BCUT2D eigenvalue weighted by atomic mass is 15.2. The molecule has 86 valence electrons. The maximum atomic E-state index is 2.50. The quantitative estimate of drug-likeness (QED) is 0.751. The molecule has 0 spiro atoms. The van der Waals surface area contributed by atoms with E-state index in [1.165, 1.54) is 23.2 Å². The fourth-order valence-electron chi connectivity index (χ4n) is 2.65. The summed E-state index contributed by atoms with van der Waals surface area (Å²) in [6.07, 6.45) is 1.17. The lowest BCUT2D eigenvalue weighted by Crippen LogP contribution is -2.28. The molecule has 2 aromatic rings. The highest BCUT2D eigenvalue weighted by molar-refractivity contribution is 5.59. The molecule has 3 rings (SSSR count). The van der Waals surface area contributed by atoms with Crippen molar-refractivity contribution in [1.29, 1.82) is 0 Å². The van der Waals surface area contributed by atoms with Crippen LogP contribution in [0.3, 0.4) is 0 Å². The van der Waals surface area contributed by atoms with Crippen molar-refractivity contribution in [2.45, 2.75) is 25.9 Å². The molecule has 17 heavy (non-hydrogen) atoms. The molecule has 0 radical (unpaired) electrons. The Morgan fingerprint density at radius 2 is 1.71 bits per heavy atom. The second-order valence-corrected chi connectivity index (χ2v) is 4.80. The van der Waals surface area contributed by atoms with Crippen LogP contribution in [0.5, 0.6) is 0 Å². The van der Waals surface area contributed by atoms with Crippen LogP contribution in [0.15, 0.2) is 54.6 Å². The van der Waals surface area contributed by atoms with Crippen molar-refractivity contribution >= 4 is 5.69 Å². The SMILES string of the molecule is C[C@@H]1Cc2ccccc2N1Cc1ccccc1. The van der Waals surface area contributed by atoms with Gasteiger partial charge in [-0.3, -0.25) is 0 Å². The Hall–Kier alpha value is -1.76. The van der Waals surface area contributed by atoms with Gasteiger partial charge in [-0.25, -0.2) is 0 Å². The highest BCUT2D eigenvalue weighted by Gasteiger charge is 2.24. The molecule has 0 fully saturated rings. The maximum Gasteiger partial charge on any atom is 0.0432 e. The van der Waals surface area contributed by atoms with Gasteiger partial charge in [0.1, 0.15) is 0 Å². The minimum atomic E-state index is 0.604. The molecule has 1 heteroatoms. The minimum absolute atomic E-state index is 0.604. The lowest BCUT2D eigenvalue weighted by molar-refractivity contribution is 0.672. The first-order valence-corrected chi connectivity index (χ1v) is 6.23. The summed E-state index contributed by atoms with van der Waals surface area (Å²) in [5, 5.41) is 0. The van der Waals surface area contributed by atoms with Crippen LogP contribution in [0.1, 0.15) is 18.1 Å². The molecule has 0 N–H and O–H groups in total. The van der Waals surface area contributed by atoms with Crippen molar-refractivity contribution in [1.82, 2.24) is 0 Å². The molecule has 1 heterocycles. The second kappa shape index (κ2) is 4.25. The van der Waals surface area contributed by atoms with Crippen LogP contribution < -0.4 is 4.90 Å². The first kappa shape index (κ1) is 10.4. The summed E-state index contributed by atoms with van der Waals surface area (Å²) in [7, 11) is 0. The van der Waals surface area contributed by atoms with E-state index in [1.807, 2.05) is 0 Å². The Balaban J connectivity index is 1.89. The van der Waals surface area contributed by atoms with Gasteiger partial charge >= 0.3 is 0 Å². The van der Waals surface area contributed by atoms with Crippen molar-refractivity contribution in [3.05, 3.63) is 65.7 Å². The van der Waals surface area contributed by atoms with Crippen LogP contribution in [0.4, 0.5) is 5.69 Å². The van der Waals surface area contributed by atoms with Crippen molar-refractivity contribution in [3.63, 3.8) is 0 Å². The Morgan fingerprint density at radius 1 is 1.00 bits per heavy atom. The van der Waals surface area contributed by atoms with Crippen molar-refractivity contribution in [2.75, 3.05) is 4.90 Å². The standard InChI is InChI=1S/C16H17N/c1-13-11-15-9-5-6-10-16(15)17(13)12-14-7-3-2-4-8-14/h2-10,13H,11-12H2,1H3/t13-/m1/s1. The molecular weight excluding hydrogens is 206 g/mol. The topological polar surface area (TPSA) is 3.24 Å². The Morgan fingerprint density at radius 3 is 2.53 bits per heavy atom. The van der Waals surface area contributed by atoms with Crippen molar-refractivity contribution in [2.24, 2.45) is 0 Å². The number of rotatable bonds is 2. The Kier molecular flexibility index (Phi) is 2.60. The summed E-state index contributed by atoms with van der Waals surface area (Å²) in [6.45, 7) is 3.32. The monoisotopic (exact) mass is 223 g/mol. The van der Waals surface area contributed by atoms with E-state index in [9.17, 15) is 0 Å². The average molecular weight is 223 g/mol. The maximum absolute atomic E-state index is 2.50. The fourth-order valence-corrected chi connectivity index (χ4v) is 2.65. The third-order valence-electron chi connectivity index (χ3n) is 3.54. The van der Waals surface area contributed by atoms with Crippen molar-refractivity contribution < 1.29 is 0 Å².